The van der Waals surface area contributed by atoms with Crippen molar-refractivity contribution in [3.05, 3.63) is 72.2 Å². The molecule has 7 heteroatoms. The Hall–Kier alpha value is -2.67. The van der Waals surface area contributed by atoms with E-state index in [0.717, 1.165) is 12.1 Å². The molecule has 3 aromatic rings. The highest BCUT2D eigenvalue weighted by Crippen LogP contribution is 2.29. The van der Waals surface area contributed by atoms with Crippen LogP contribution < -0.4 is 0 Å². The van der Waals surface area contributed by atoms with Crippen LogP contribution in [0.4, 0.5) is 13.2 Å². The Balaban J connectivity index is 1.68. The zero-order valence-corrected chi connectivity index (χ0v) is 13.2. The molecule has 2 aromatic heterocycles. The van der Waals surface area contributed by atoms with E-state index in [1.807, 2.05) is 12.1 Å². The molecule has 0 saturated heterocycles. The maximum absolute atomic E-state index is 12.6. The van der Waals surface area contributed by atoms with Crippen molar-refractivity contribution in [3.8, 4) is 11.5 Å². The van der Waals surface area contributed by atoms with Gasteiger partial charge in [0.2, 0.25) is 0 Å². The molecule has 0 aliphatic heterocycles. The average Bonchev–Trinajstić information content (AvgIpc) is 3.03. The van der Waals surface area contributed by atoms with Crippen molar-refractivity contribution in [2.45, 2.75) is 25.2 Å². The van der Waals surface area contributed by atoms with Gasteiger partial charge < -0.3 is 9.67 Å². The molecule has 4 nitrogen and oxygen atoms in total. The van der Waals surface area contributed by atoms with E-state index < -0.39 is 17.8 Å². The van der Waals surface area contributed by atoms with Gasteiger partial charge >= 0.3 is 6.18 Å². The van der Waals surface area contributed by atoms with Crippen LogP contribution in [0.3, 0.4) is 0 Å². The lowest BCUT2D eigenvalue weighted by Crippen LogP contribution is -2.19. The number of aliphatic hydroxyl groups is 1. The standard InChI is InChI=1S/C18H16F3N3O/c19-18(20,21)14-6-4-13(5-7-14)11-15(25)12-24-10-9-23-17(24)16-3-1-2-8-22-16/h1-10,15,25H,11-12H2. The Morgan fingerprint density at radius 2 is 1.76 bits per heavy atom. The monoisotopic (exact) mass is 347 g/mol. The van der Waals surface area contributed by atoms with Crippen LogP contribution in [0, 0.1) is 0 Å². The summed E-state index contributed by atoms with van der Waals surface area (Å²) in [5.41, 5.74) is 0.631. The van der Waals surface area contributed by atoms with Crippen LogP contribution >= 0.6 is 0 Å². The first-order valence-electron chi connectivity index (χ1n) is 7.70. The molecule has 25 heavy (non-hydrogen) atoms. The van der Waals surface area contributed by atoms with Crippen molar-refractivity contribution in [1.29, 1.82) is 0 Å². The lowest BCUT2D eigenvalue weighted by Gasteiger charge is -2.14. The van der Waals surface area contributed by atoms with E-state index in [0.29, 0.717) is 17.1 Å². The number of hydrogen-bond acceptors (Lipinski definition) is 3. The fraction of sp³-hybridized carbons (Fsp3) is 0.222. The average molecular weight is 347 g/mol. The highest BCUT2D eigenvalue weighted by molar-refractivity contribution is 5.49. The van der Waals surface area contributed by atoms with Crippen LogP contribution in [0.25, 0.3) is 11.5 Å². The normalized spacial score (nSPS) is 13.0. The highest BCUT2D eigenvalue weighted by atomic mass is 19.4. The van der Waals surface area contributed by atoms with Crippen LogP contribution in [0.2, 0.25) is 0 Å². The highest BCUT2D eigenvalue weighted by Gasteiger charge is 2.30. The molecule has 2 heterocycles. The molecule has 3 rings (SSSR count). The van der Waals surface area contributed by atoms with Gasteiger partial charge in [-0.05, 0) is 29.8 Å². The predicted octanol–water partition coefficient (Wildman–Crippen LogP) is 3.57. The smallest absolute Gasteiger partial charge is 0.391 e. The quantitative estimate of drug-likeness (QED) is 0.768. The number of pyridine rings is 1. The summed E-state index contributed by atoms with van der Waals surface area (Å²) < 4.78 is 39.5. The summed E-state index contributed by atoms with van der Waals surface area (Å²) in [6, 6.07) is 10.3. The Morgan fingerprint density at radius 1 is 1.00 bits per heavy atom. The number of alkyl halides is 3. The van der Waals surface area contributed by atoms with Gasteiger partial charge in [0.05, 0.1) is 18.2 Å². The Labute approximate surface area is 142 Å². The second-order valence-corrected chi connectivity index (χ2v) is 5.67. The summed E-state index contributed by atoms with van der Waals surface area (Å²) in [7, 11) is 0. The number of imidazole rings is 1. The summed E-state index contributed by atoms with van der Waals surface area (Å²) in [6.45, 7) is 0.271. The van der Waals surface area contributed by atoms with Crippen molar-refractivity contribution in [2.24, 2.45) is 0 Å². The minimum absolute atomic E-state index is 0.248. The SMILES string of the molecule is OC(Cc1ccc(C(F)(F)F)cc1)Cn1ccnc1-c1ccccn1. The van der Waals surface area contributed by atoms with Gasteiger partial charge in [-0.15, -0.1) is 0 Å². The van der Waals surface area contributed by atoms with Gasteiger partial charge in [-0.25, -0.2) is 4.98 Å². The van der Waals surface area contributed by atoms with E-state index in [1.165, 1.54) is 12.1 Å². The maximum atomic E-state index is 12.6. The van der Waals surface area contributed by atoms with Gasteiger partial charge in [-0.2, -0.15) is 13.2 Å². The Kier molecular flexibility index (Phi) is 4.85. The van der Waals surface area contributed by atoms with E-state index in [-0.39, 0.29) is 13.0 Å². The van der Waals surface area contributed by atoms with Crippen molar-refractivity contribution in [1.82, 2.24) is 14.5 Å². The van der Waals surface area contributed by atoms with E-state index in [9.17, 15) is 18.3 Å². The number of benzene rings is 1. The molecule has 0 radical (unpaired) electrons. The topological polar surface area (TPSA) is 50.9 Å². The Morgan fingerprint density at radius 3 is 2.40 bits per heavy atom. The van der Waals surface area contributed by atoms with Gasteiger partial charge in [0, 0.05) is 25.0 Å². The summed E-state index contributed by atoms with van der Waals surface area (Å²) in [6.07, 6.45) is 0.152. The molecule has 0 spiro atoms. The van der Waals surface area contributed by atoms with Crippen molar-refractivity contribution in [2.75, 3.05) is 0 Å². The van der Waals surface area contributed by atoms with Crippen LogP contribution in [-0.4, -0.2) is 25.7 Å². The lowest BCUT2D eigenvalue weighted by molar-refractivity contribution is -0.137. The van der Waals surface area contributed by atoms with Gasteiger partial charge in [0.25, 0.3) is 0 Å². The Bertz CT molecular complexity index is 814. The van der Waals surface area contributed by atoms with Gasteiger partial charge in [-0.1, -0.05) is 18.2 Å². The summed E-state index contributed by atoms with van der Waals surface area (Å²) in [5, 5.41) is 10.3. The van der Waals surface area contributed by atoms with E-state index in [1.54, 1.807) is 29.2 Å². The number of aliphatic hydroxyl groups excluding tert-OH is 1. The number of rotatable bonds is 5. The molecule has 0 amide bonds. The second kappa shape index (κ2) is 7.06. The summed E-state index contributed by atoms with van der Waals surface area (Å²) >= 11 is 0. The number of halogens is 3. The van der Waals surface area contributed by atoms with E-state index in [4.69, 9.17) is 0 Å². The molecule has 1 unspecified atom stereocenters. The lowest BCUT2D eigenvalue weighted by atomic mass is 10.1. The zero-order chi connectivity index (χ0) is 17.9. The van der Waals surface area contributed by atoms with Crippen LogP contribution in [0.1, 0.15) is 11.1 Å². The first kappa shape index (κ1) is 17.2. The first-order chi connectivity index (χ1) is 11.9. The second-order valence-electron chi connectivity index (χ2n) is 5.67. The van der Waals surface area contributed by atoms with Crippen LogP contribution in [-0.2, 0) is 19.1 Å². The minimum atomic E-state index is -4.36. The van der Waals surface area contributed by atoms with Gasteiger partial charge in [-0.3, -0.25) is 4.98 Å². The zero-order valence-electron chi connectivity index (χ0n) is 13.2. The minimum Gasteiger partial charge on any atom is -0.391 e. The summed E-state index contributed by atoms with van der Waals surface area (Å²) in [4.78, 5) is 8.48. The summed E-state index contributed by atoms with van der Waals surface area (Å²) in [5.74, 6) is 0.632. The van der Waals surface area contributed by atoms with Gasteiger partial charge in [0.1, 0.15) is 5.69 Å². The van der Waals surface area contributed by atoms with E-state index in [2.05, 4.69) is 9.97 Å². The number of hydrogen-bond donors (Lipinski definition) is 1. The van der Waals surface area contributed by atoms with Crippen molar-refractivity contribution >= 4 is 0 Å². The van der Waals surface area contributed by atoms with Crippen LogP contribution in [0.15, 0.2) is 61.1 Å². The molecule has 0 aliphatic rings. The molecule has 0 bridgehead atoms. The third-order valence-corrected chi connectivity index (χ3v) is 3.77. The number of aromatic nitrogens is 3. The molecule has 0 saturated carbocycles. The fourth-order valence-corrected chi connectivity index (χ4v) is 2.58. The van der Waals surface area contributed by atoms with Crippen LogP contribution in [0.5, 0.6) is 0 Å². The van der Waals surface area contributed by atoms with Crippen molar-refractivity contribution in [3.63, 3.8) is 0 Å². The van der Waals surface area contributed by atoms with Crippen molar-refractivity contribution < 1.29 is 18.3 Å². The molecule has 0 fully saturated rings. The largest absolute Gasteiger partial charge is 0.416 e. The molecule has 0 aliphatic carbocycles. The maximum Gasteiger partial charge on any atom is 0.416 e. The third-order valence-electron chi connectivity index (χ3n) is 3.77. The molecule has 1 N–H and O–H groups in total. The molecule has 130 valence electrons. The molecular weight excluding hydrogens is 331 g/mol. The first-order valence-corrected chi connectivity index (χ1v) is 7.70. The number of nitrogens with zero attached hydrogens (tertiary/aromatic N) is 3. The predicted molar refractivity (Wildman–Crippen MR) is 86.6 cm³/mol. The van der Waals surface area contributed by atoms with E-state index >= 15 is 0 Å². The fourth-order valence-electron chi connectivity index (χ4n) is 2.58. The molecule has 1 aromatic carbocycles. The molecular formula is C18H16F3N3O. The van der Waals surface area contributed by atoms with Gasteiger partial charge in [0.15, 0.2) is 5.82 Å². The third kappa shape index (κ3) is 4.24. The molecule has 1 atom stereocenters.